The SMILES string of the molecule is C#CCn1nnc2c(C(=O)Nc3ccccc3O)ncn2c1=O. The smallest absolute Gasteiger partial charge is 0.353 e. The molecule has 0 saturated carbocycles. The highest BCUT2D eigenvalue weighted by atomic mass is 16.3. The number of carbonyl (C=O) groups is 1. The second-order valence-corrected chi connectivity index (χ2v) is 4.49. The fourth-order valence-corrected chi connectivity index (χ4v) is 1.94. The van der Waals surface area contributed by atoms with E-state index in [-0.39, 0.29) is 29.3 Å². The van der Waals surface area contributed by atoms with Crippen molar-refractivity contribution in [1.29, 1.82) is 0 Å². The molecule has 0 aliphatic heterocycles. The number of aromatic hydroxyl groups is 1. The van der Waals surface area contributed by atoms with E-state index in [0.29, 0.717) is 0 Å². The molecule has 9 nitrogen and oxygen atoms in total. The normalized spacial score (nSPS) is 10.4. The number of fused-ring (bicyclic) bond motifs is 1. The van der Waals surface area contributed by atoms with Crippen molar-refractivity contribution < 1.29 is 9.90 Å². The van der Waals surface area contributed by atoms with Crippen LogP contribution >= 0.6 is 0 Å². The molecule has 9 heteroatoms. The Balaban J connectivity index is 1.99. The number of hydrogen-bond donors (Lipinski definition) is 2. The number of benzene rings is 1. The van der Waals surface area contributed by atoms with Crippen LogP contribution in [0.1, 0.15) is 10.5 Å². The van der Waals surface area contributed by atoms with Gasteiger partial charge in [0.15, 0.2) is 11.3 Å². The molecule has 114 valence electrons. The molecule has 0 unspecified atom stereocenters. The third-order valence-corrected chi connectivity index (χ3v) is 3.02. The van der Waals surface area contributed by atoms with Gasteiger partial charge in [-0.3, -0.25) is 4.79 Å². The van der Waals surface area contributed by atoms with E-state index in [0.717, 1.165) is 9.08 Å². The molecule has 0 fully saturated rings. The Labute approximate surface area is 129 Å². The summed E-state index contributed by atoms with van der Waals surface area (Å²) in [6, 6.07) is 6.23. The van der Waals surface area contributed by atoms with E-state index in [9.17, 15) is 14.7 Å². The van der Waals surface area contributed by atoms with Gasteiger partial charge in [-0.2, -0.15) is 4.68 Å². The maximum atomic E-state index is 12.3. The Morgan fingerprint density at radius 2 is 2.17 bits per heavy atom. The molecule has 0 saturated heterocycles. The zero-order valence-corrected chi connectivity index (χ0v) is 11.7. The number of hydrogen-bond acceptors (Lipinski definition) is 6. The fourth-order valence-electron chi connectivity index (χ4n) is 1.94. The van der Waals surface area contributed by atoms with E-state index in [4.69, 9.17) is 6.42 Å². The van der Waals surface area contributed by atoms with Crippen molar-refractivity contribution in [3.8, 4) is 18.1 Å². The topological polar surface area (TPSA) is 114 Å². The highest BCUT2D eigenvalue weighted by Gasteiger charge is 2.18. The minimum Gasteiger partial charge on any atom is -0.506 e. The van der Waals surface area contributed by atoms with Crippen LogP contribution in [0.4, 0.5) is 5.69 Å². The standard InChI is InChI=1S/C14H10N6O3/c1-2-7-20-14(23)19-8-15-11(12(19)17-18-20)13(22)16-9-5-3-4-6-10(9)21/h1,3-6,8,21H,7H2,(H,16,22). The monoisotopic (exact) mass is 310 g/mol. The maximum absolute atomic E-state index is 12.3. The zero-order valence-electron chi connectivity index (χ0n) is 11.7. The Bertz CT molecular complexity index is 998. The van der Waals surface area contributed by atoms with Crippen LogP contribution in [0.2, 0.25) is 0 Å². The summed E-state index contributed by atoms with van der Waals surface area (Å²) in [5, 5.41) is 19.6. The molecule has 2 heterocycles. The molecule has 0 aliphatic carbocycles. The molecule has 3 rings (SSSR count). The second-order valence-electron chi connectivity index (χ2n) is 4.49. The van der Waals surface area contributed by atoms with Gasteiger partial charge in [-0.05, 0) is 12.1 Å². The highest BCUT2D eigenvalue weighted by Crippen LogP contribution is 2.22. The summed E-state index contributed by atoms with van der Waals surface area (Å²) < 4.78 is 2.05. The lowest BCUT2D eigenvalue weighted by atomic mass is 10.3. The van der Waals surface area contributed by atoms with Crippen LogP contribution in [0.5, 0.6) is 5.75 Å². The van der Waals surface area contributed by atoms with E-state index < -0.39 is 11.6 Å². The summed E-state index contributed by atoms with van der Waals surface area (Å²) >= 11 is 0. The van der Waals surface area contributed by atoms with Crippen molar-refractivity contribution in [2.45, 2.75) is 6.54 Å². The number of phenolic OH excluding ortho intramolecular Hbond substituents is 1. The summed E-state index contributed by atoms with van der Waals surface area (Å²) in [6.07, 6.45) is 6.30. The fraction of sp³-hybridized carbons (Fsp3) is 0.0714. The number of phenols is 1. The molecule has 1 amide bonds. The van der Waals surface area contributed by atoms with Gasteiger partial charge in [0.1, 0.15) is 18.6 Å². The Morgan fingerprint density at radius 1 is 1.39 bits per heavy atom. The van der Waals surface area contributed by atoms with Crippen LogP contribution in [0.3, 0.4) is 0 Å². The molecule has 0 atom stereocenters. The number of nitrogens with zero attached hydrogens (tertiary/aromatic N) is 5. The molecule has 1 aromatic carbocycles. The highest BCUT2D eigenvalue weighted by molar-refractivity contribution is 6.07. The quantitative estimate of drug-likeness (QED) is 0.515. The van der Waals surface area contributed by atoms with Gasteiger partial charge in [-0.25, -0.2) is 14.2 Å². The number of carbonyl (C=O) groups excluding carboxylic acids is 1. The van der Waals surface area contributed by atoms with Crippen molar-refractivity contribution >= 4 is 17.2 Å². The average Bonchev–Trinajstić information content (AvgIpc) is 2.97. The van der Waals surface area contributed by atoms with Gasteiger partial charge in [0.25, 0.3) is 5.91 Å². The Kier molecular flexibility index (Phi) is 3.48. The van der Waals surface area contributed by atoms with Gasteiger partial charge < -0.3 is 10.4 Å². The first-order valence-corrected chi connectivity index (χ1v) is 6.45. The van der Waals surface area contributed by atoms with Crippen LogP contribution < -0.4 is 11.0 Å². The predicted molar refractivity (Wildman–Crippen MR) is 79.9 cm³/mol. The largest absolute Gasteiger partial charge is 0.506 e. The summed E-state index contributed by atoms with van der Waals surface area (Å²) in [5.41, 5.74) is -0.434. The van der Waals surface area contributed by atoms with Crippen molar-refractivity contribution in [2.24, 2.45) is 0 Å². The minimum atomic E-state index is -0.627. The summed E-state index contributed by atoms with van der Waals surface area (Å²) in [6.45, 7) is -0.0423. The number of terminal acetylenes is 1. The van der Waals surface area contributed by atoms with Gasteiger partial charge in [-0.1, -0.05) is 23.3 Å². The number of para-hydroxylation sites is 2. The molecular weight excluding hydrogens is 300 g/mol. The molecule has 0 spiro atoms. The number of aromatic nitrogens is 5. The molecule has 2 N–H and O–H groups in total. The van der Waals surface area contributed by atoms with Crippen LogP contribution in [0, 0.1) is 12.3 Å². The van der Waals surface area contributed by atoms with Crippen molar-refractivity contribution in [2.75, 3.05) is 5.32 Å². The van der Waals surface area contributed by atoms with Gasteiger partial charge in [-0.15, -0.1) is 11.5 Å². The van der Waals surface area contributed by atoms with Crippen LogP contribution in [-0.2, 0) is 6.54 Å². The number of imidazole rings is 1. The lowest BCUT2D eigenvalue weighted by molar-refractivity contribution is 0.102. The van der Waals surface area contributed by atoms with Gasteiger partial charge in [0.05, 0.1) is 5.69 Å². The number of anilines is 1. The van der Waals surface area contributed by atoms with Gasteiger partial charge in [0.2, 0.25) is 0 Å². The van der Waals surface area contributed by atoms with Crippen molar-refractivity contribution in [3.05, 3.63) is 46.8 Å². The molecule has 0 radical (unpaired) electrons. The molecule has 3 aromatic rings. The first-order chi connectivity index (χ1) is 11.1. The first-order valence-electron chi connectivity index (χ1n) is 6.45. The summed E-state index contributed by atoms with van der Waals surface area (Å²) in [7, 11) is 0. The van der Waals surface area contributed by atoms with E-state index in [1.54, 1.807) is 12.1 Å². The minimum absolute atomic E-state index is 0.00353. The third kappa shape index (κ3) is 2.49. The third-order valence-electron chi connectivity index (χ3n) is 3.02. The van der Waals surface area contributed by atoms with Gasteiger partial charge >= 0.3 is 5.69 Å². The lowest BCUT2D eigenvalue weighted by Crippen LogP contribution is -2.29. The summed E-state index contributed by atoms with van der Waals surface area (Å²) in [5.74, 6) is 1.56. The van der Waals surface area contributed by atoms with Crippen LogP contribution in [0.25, 0.3) is 5.65 Å². The Hall–Kier alpha value is -3.67. The zero-order chi connectivity index (χ0) is 16.4. The van der Waals surface area contributed by atoms with E-state index in [1.807, 2.05) is 0 Å². The summed E-state index contributed by atoms with van der Waals surface area (Å²) in [4.78, 5) is 28.2. The number of nitrogens with one attached hydrogen (secondary N) is 1. The van der Waals surface area contributed by atoms with E-state index >= 15 is 0 Å². The lowest BCUT2D eigenvalue weighted by Gasteiger charge is -2.05. The maximum Gasteiger partial charge on any atom is 0.353 e. The average molecular weight is 310 g/mol. The number of rotatable bonds is 3. The molecular formula is C14H10N6O3. The second kappa shape index (κ2) is 5.61. The molecule has 23 heavy (non-hydrogen) atoms. The molecule has 0 aliphatic rings. The van der Waals surface area contributed by atoms with Crippen LogP contribution in [-0.4, -0.2) is 35.4 Å². The molecule has 2 aromatic heterocycles. The van der Waals surface area contributed by atoms with E-state index in [2.05, 4.69) is 26.5 Å². The van der Waals surface area contributed by atoms with Crippen LogP contribution in [0.15, 0.2) is 35.4 Å². The number of amides is 1. The predicted octanol–water partition coefficient (Wildman–Crippen LogP) is -0.123. The first kappa shape index (κ1) is 14.3. The van der Waals surface area contributed by atoms with Crippen molar-refractivity contribution in [3.63, 3.8) is 0 Å². The van der Waals surface area contributed by atoms with E-state index in [1.165, 1.54) is 18.5 Å². The molecule has 0 bridgehead atoms. The van der Waals surface area contributed by atoms with Crippen molar-refractivity contribution in [1.82, 2.24) is 24.4 Å². The van der Waals surface area contributed by atoms with Gasteiger partial charge in [0, 0.05) is 0 Å². The Morgan fingerprint density at radius 3 is 2.91 bits per heavy atom.